The van der Waals surface area contributed by atoms with Crippen molar-refractivity contribution >= 4 is 31.8 Å². The lowest BCUT2D eigenvalue weighted by molar-refractivity contribution is -0.181. The Morgan fingerprint density at radius 2 is 2.17 bits per heavy atom. The zero-order valence-corrected chi connectivity index (χ0v) is 21.8. The predicted octanol–water partition coefficient (Wildman–Crippen LogP) is 1.60. The maximum absolute atomic E-state index is 13.6. The van der Waals surface area contributed by atoms with Crippen molar-refractivity contribution < 1.29 is 24.2 Å². The Labute approximate surface area is 210 Å². The van der Waals surface area contributed by atoms with Crippen LogP contribution in [-0.4, -0.2) is 52.5 Å². The number of benzene rings is 1. The molecule has 0 bridgehead atoms. The topological polar surface area (TPSA) is 117 Å². The molecule has 2 aliphatic heterocycles. The van der Waals surface area contributed by atoms with Gasteiger partial charge in [-0.3, -0.25) is 4.79 Å². The zero-order valence-electron chi connectivity index (χ0n) is 20.8. The molecule has 2 unspecified atom stereocenters. The van der Waals surface area contributed by atoms with Crippen molar-refractivity contribution in [2.75, 3.05) is 6.54 Å². The maximum atomic E-state index is 13.6. The van der Waals surface area contributed by atoms with Gasteiger partial charge in [-0.2, -0.15) is 0 Å². The van der Waals surface area contributed by atoms with Crippen molar-refractivity contribution in [2.45, 2.75) is 56.8 Å². The van der Waals surface area contributed by atoms with Gasteiger partial charge in [0.05, 0.1) is 18.8 Å². The van der Waals surface area contributed by atoms with E-state index in [0.717, 1.165) is 16.6 Å². The van der Waals surface area contributed by atoms with E-state index in [0.29, 0.717) is 34.8 Å². The second kappa shape index (κ2) is 8.60. The molecule has 0 saturated heterocycles. The molecule has 1 aliphatic carbocycles. The summed E-state index contributed by atoms with van der Waals surface area (Å²) in [6.45, 7) is 10.0. The molecule has 3 heterocycles. The fourth-order valence-electron chi connectivity index (χ4n) is 5.67. The first-order valence-corrected chi connectivity index (χ1v) is 15.5. The number of imidazole rings is 1. The highest BCUT2D eigenvalue weighted by Gasteiger charge is 2.57. The van der Waals surface area contributed by atoms with Gasteiger partial charge in [0.25, 0.3) is 0 Å². The van der Waals surface area contributed by atoms with Crippen molar-refractivity contribution in [2.24, 2.45) is 5.73 Å². The maximum Gasteiger partial charge on any atom is 0.355 e. The fourth-order valence-corrected chi connectivity index (χ4v) is 8.14. The summed E-state index contributed by atoms with van der Waals surface area (Å²) in [7, 11) is -2.31. The fraction of sp³-hybridized carbons (Fsp3) is 0.370. The van der Waals surface area contributed by atoms with Gasteiger partial charge in [-0.1, -0.05) is 50.4 Å². The quantitative estimate of drug-likeness (QED) is 0.297. The van der Waals surface area contributed by atoms with Crippen molar-refractivity contribution in [3.63, 3.8) is 0 Å². The number of fused-ring (bicyclic) bond motifs is 4. The monoisotopic (exact) mass is 505 g/mol. The first-order valence-electron chi connectivity index (χ1n) is 12.2. The van der Waals surface area contributed by atoms with Crippen LogP contribution in [0.4, 0.5) is 0 Å². The number of esters is 2. The average molecular weight is 506 g/mol. The largest absolute Gasteiger partial charge is 0.505 e. The number of aliphatic hydroxyl groups excluding tert-OH is 1. The minimum atomic E-state index is -2.31. The lowest BCUT2D eigenvalue weighted by atomic mass is 9.79. The molecule has 2 aromatic rings. The van der Waals surface area contributed by atoms with Gasteiger partial charge in [0.2, 0.25) is 5.60 Å². The SMILES string of the molecule is C=CC[Si](C)(C)C1OC(=O)C(CC)(OC(=O)CN)C2=C1C(O)=c1c(nc3n1Cc1ccccc1C=3)C2. The summed E-state index contributed by atoms with van der Waals surface area (Å²) < 4.78 is 13.8. The van der Waals surface area contributed by atoms with E-state index in [2.05, 4.69) is 25.7 Å². The molecule has 3 N–H and O–H groups in total. The van der Waals surface area contributed by atoms with Crippen LogP contribution in [0.2, 0.25) is 19.1 Å². The molecule has 1 aromatic carbocycles. The molecule has 36 heavy (non-hydrogen) atoms. The van der Waals surface area contributed by atoms with Crippen LogP contribution < -0.4 is 16.6 Å². The average Bonchev–Trinajstić information content (AvgIpc) is 3.21. The van der Waals surface area contributed by atoms with Gasteiger partial charge in [0.1, 0.15) is 30.4 Å². The van der Waals surface area contributed by atoms with E-state index in [9.17, 15) is 14.7 Å². The van der Waals surface area contributed by atoms with Crippen LogP contribution in [0.25, 0.3) is 11.8 Å². The standard InChI is InChI=1S/C27H31N3O5Si/c1-5-11-36(3,4)25-22-18(27(6-2,26(33)34-25)35-21(31)14-28)13-19-23(24(22)32)30-15-17-10-8-7-9-16(17)12-20(30)29-19/h5,7-10,12,25,32H,1,6,11,13-15,28H2,2-4H3. The number of ether oxygens (including phenoxy) is 2. The van der Waals surface area contributed by atoms with E-state index in [1.807, 2.05) is 34.9 Å². The normalized spacial score (nSPS) is 22.5. The van der Waals surface area contributed by atoms with Crippen LogP contribution in [0.15, 0.2) is 48.1 Å². The van der Waals surface area contributed by atoms with E-state index in [1.54, 1.807) is 6.92 Å². The molecular formula is C27H31N3O5Si. The Bertz CT molecular complexity index is 1450. The summed E-state index contributed by atoms with van der Waals surface area (Å²) in [5.41, 5.74) is 7.91. The molecule has 0 saturated carbocycles. The minimum absolute atomic E-state index is 0.0292. The molecule has 188 valence electrons. The summed E-state index contributed by atoms with van der Waals surface area (Å²) in [6.07, 6.45) is 4.24. The Hall–Kier alpha value is -3.43. The molecule has 2 atom stereocenters. The molecule has 9 heteroatoms. The smallest absolute Gasteiger partial charge is 0.355 e. The van der Waals surface area contributed by atoms with Crippen molar-refractivity contribution in [3.05, 3.63) is 75.7 Å². The van der Waals surface area contributed by atoms with Gasteiger partial charge in [-0.05, 0) is 29.7 Å². The summed E-state index contributed by atoms with van der Waals surface area (Å²) in [4.78, 5) is 30.8. The van der Waals surface area contributed by atoms with E-state index in [-0.39, 0.29) is 25.1 Å². The number of allylic oxidation sites excluding steroid dienone is 1. The molecule has 5 rings (SSSR count). The first kappa shape index (κ1) is 24.3. The molecular weight excluding hydrogens is 474 g/mol. The highest BCUT2D eigenvalue weighted by molar-refractivity contribution is 6.80. The Morgan fingerprint density at radius 3 is 2.86 bits per heavy atom. The number of aromatic nitrogens is 2. The van der Waals surface area contributed by atoms with Crippen LogP contribution >= 0.6 is 0 Å². The number of hydrogen-bond donors (Lipinski definition) is 2. The van der Waals surface area contributed by atoms with Gasteiger partial charge in [0, 0.05) is 17.6 Å². The minimum Gasteiger partial charge on any atom is -0.505 e. The van der Waals surface area contributed by atoms with Gasteiger partial charge in [-0.25, -0.2) is 9.78 Å². The second-order valence-electron chi connectivity index (χ2n) is 10.2. The predicted molar refractivity (Wildman–Crippen MR) is 138 cm³/mol. The van der Waals surface area contributed by atoms with E-state index >= 15 is 0 Å². The van der Waals surface area contributed by atoms with Crippen molar-refractivity contribution in [3.8, 4) is 0 Å². The molecule has 0 spiro atoms. The van der Waals surface area contributed by atoms with Crippen LogP contribution in [0, 0.1) is 0 Å². The number of cyclic esters (lactones) is 1. The summed E-state index contributed by atoms with van der Waals surface area (Å²) in [5.74, 6) is -1.30. The van der Waals surface area contributed by atoms with Gasteiger partial charge < -0.3 is 24.9 Å². The third kappa shape index (κ3) is 3.48. The molecule has 1 aromatic heterocycles. The second-order valence-corrected chi connectivity index (χ2v) is 15.1. The summed E-state index contributed by atoms with van der Waals surface area (Å²) >= 11 is 0. The highest BCUT2D eigenvalue weighted by Crippen LogP contribution is 2.44. The number of nitrogens with zero attached hydrogens (tertiary/aromatic N) is 2. The van der Waals surface area contributed by atoms with Crippen molar-refractivity contribution in [1.82, 2.24) is 9.55 Å². The Balaban J connectivity index is 1.79. The number of nitrogens with two attached hydrogens (primary N) is 1. The van der Waals surface area contributed by atoms with Crippen LogP contribution in [-0.2, 0) is 32.0 Å². The molecule has 0 fully saturated rings. The van der Waals surface area contributed by atoms with E-state index in [4.69, 9.17) is 20.2 Å². The summed E-state index contributed by atoms with van der Waals surface area (Å²) in [5, 5.41) is 12.5. The molecule has 8 nitrogen and oxygen atoms in total. The lowest BCUT2D eigenvalue weighted by Crippen LogP contribution is -2.59. The Morgan fingerprint density at radius 1 is 1.42 bits per heavy atom. The zero-order chi connectivity index (χ0) is 25.8. The molecule has 0 amide bonds. The van der Waals surface area contributed by atoms with E-state index in [1.165, 1.54) is 0 Å². The third-order valence-electron chi connectivity index (χ3n) is 7.52. The molecule has 3 aliphatic rings. The lowest BCUT2D eigenvalue weighted by Gasteiger charge is -2.45. The number of carbonyl (C=O) groups excluding carboxylic acids is 2. The van der Waals surface area contributed by atoms with Crippen LogP contribution in [0.1, 0.15) is 30.2 Å². The van der Waals surface area contributed by atoms with Gasteiger partial charge in [0.15, 0.2) is 0 Å². The van der Waals surface area contributed by atoms with Crippen LogP contribution in [0.3, 0.4) is 0 Å². The van der Waals surface area contributed by atoms with Crippen molar-refractivity contribution in [1.29, 1.82) is 0 Å². The third-order valence-corrected chi connectivity index (χ3v) is 10.7. The van der Waals surface area contributed by atoms with Crippen LogP contribution in [0.5, 0.6) is 0 Å². The van der Waals surface area contributed by atoms with Gasteiger partial charge in [-0.15, -0.1) is 6.58 Å². The van der Waals surface area contributed by atoms with Gasteiger partial charge >= 0.3 is 11.9 Å². The number of aliphatic hydroxyl groups is 1. The highest BCUT2D eigenvalue weighted by atomic mass is 28.3. The van der Waals surface area contributed by atoms with E-state index < -0.39 is 31.3 Å². The number of carbonyl (C=O) groups is 2. The summed E-state index contributed by atoms with van der Waals surface area (Å²) in [6, 6.07) is 8.76. The Kier molecular flexibility index (Phi) is 5.80. The molecule has 0 radical (unpaired) electrons. The number of hydrogen-bond acceptors (Lipinski definition) is 7. The number of rotatable bonds is 6. The first-order chi connectivity index (χ1) is 17.2.